The lowest BCUT2D eigenvalue weighted by Gasteiger charge is -2.17. The molecule has 1 aromatic carbocycles. The molecule has 136 valence electrons. The van der Waals surface area contributed by atoms with E-state index in [9.17, 15) is 0 Å². The Kier molecular flexibility index (Phi) is 10.7. The third-order valence-electron chi connectivity index (χ3n) is 3.54. The molecule has 0 bridgehead atoms. The third-order valence-corrected chi connectivity index (χ3v) is 4.19. The van der Waals surface area contributed by atoms with Crippen molar-refractivity contribution in [2.45, 2.75) is 38.9 Å². The van der Waals surface area contributed by atoms with E-state index in [2.05, 4.69) is 38.5 Å². The minimum atomic E-state index is -0.00751. The highest BCUT2D eigenvalue weighted by Gasteiger charge is 2.15. The van der Waals surface area contributed by atoms with Crippen molar-refractivity contribution in [1.82, 2.24) is 10.6 Å². The highest BCUT2D eigenvalue weighted by molar-refractivity contribution is 14.0. The summed E-state index contributed by atoms with van der Waals surface area (Å²) in [6.07, 6.45) is 2.56. The van der Waals surface area contributed by atoms with Crippen molar-refractivity contribution in [3.8, 4) is 5.75 Å². The lowest BCUT2D eigenvalue weighted by Crippen LogP contribution is -2.41. The molecule has 0 amide bonds. The van der Waals surface area contributed by atoms with E-state index in [1.165, 1.54) is 0 Å². The second kappa shape index (κ2) is 11.9. The van der Waals surface area contributed by atoms with E-state index in [1.807, 2.05) is 31.2 Å². The van der Waals surface area contributed by atoms with Gasteiger partial charge in [-0.3, -0.25) is 0 Å². The van der Waals surface area contributed by atoms with Crippen LogP contribution >= 0.6 is 39.9 Å². The molecule has 0 aromatic heterocycles. The number of guanidine groups is 1. The van der Waals surface area contributed by atoms with Gasteiger partial charge in [0.2, 0.25) is 0 Å². The first-order valence-electron chi connectivity index (χ1n) is 8.24. The number of nitrogens with one attached hydrogen (secondary N) is 2. The fourth-order valence-corrected chi connectivity index (χ4v) is 2.75. The summed E-state index contributed by atoms with van der Waals surface area (Å²) in [6, 6.07) is 7.85. The molecule has 1 aliphatic rings. The molecule has 2 atom stereocenters. The number of nitrogens with zero attached hydrogens (tertiary/aromatic N) is 1. The van der Waals surface area contributed by atoms with Crippen LogP contribution in [0, 0.1) is 0 Å². The summed E-state index contributed by atoms with van der Waals surface area (Å²) in [5, 5.41) is 6.60. The number of aliphatic imine (C=N–C) groups is 1. The van der Waals surface area contributed by atoms with Crippen LogP contribution in [0.1, 0.15) is 26.7 Å². The lowest BCUT2D eigenvalue weighted by molar-refractivity contribution is 0.113. The molecule has 24 heavy (non-hydrogen) atoms. The first kappa shape index (κ1) is 21.5. The zero-order chi connectivity index (χ0) is 16.5. The van der Waals surface area contributed by atoms with Gasteiger partial charge >= 0.3 is 0 Å². The van der Waals surface area contributed by atoms with Crippen molar-refractivity contribution in [1.29, 1.82) is 0 Å². The van der Waals surface area contributed by atoms with Gasteiger partial charge in [0.1, 0.15) is 11.9 Å². The molecule has 1 heterocycles. The summed E-state index contributed by atoms with van der Waals surface area (Å²) in [7, 11) is 0. The van der Waals surface area contributed by atoms with Gasteiger partial charge in [0, 0.05) is 19.7 Å². The van der Waals surface area contributed by atoms with Crippen molar-refractivity contribution in [2.75, 3.05) is 26.2 Å². The van der Waals surface area contributed by atoms with Gasteiger partial charge in [-0.25, -0.2) is 4.99 Å². The Hall–Kier alpha value is -0.540. The molecule has 2 unspecified atom stereocenters. The maximum Gasteiger partial charge on any atom is 0.191 e. The topological polar surface area (TPSA) is 54.9 Å². The van der Waals surface area contributed by atoms with Crippen LogP contribution in [0.25, 0.3) is 0 Å². The maximum absolute atomic E-state index is 5.92. The van der Waals surface area contributed by atoms with Crippen molar-refractivity contribution in [3.05, 3.63) is 28.7 Å². The molecular weight excluding hydrogens is 485 g/mol. The van der Waals surface area contributed by atoms with Gasteiger partial charge in [-0.05, 0) is 54.8 Å². The van der Waals surface area contributed by atoms with Gasteiger partial charge in [-0.1, -0.05) is 12.1 Å². The standard InChI is InChI=1S/C17H26BrN3O2.HI/c1-3-19-17(21-12-14-7-6-10-22-14)20-11-13(2)23-16-9-5-4-8-15(16)18;/h4-5,8-9,13-14H,3,6-7,10-12H2,1-2H3,(H2,19,20,21);1H. The zero-order valence-electron chi connectivity index (χ0n) is 14.3. The number of hydrogen-bond donors (Lipinski definition) is 2. The van der Waals surface area contributed by atoms with Gasteiger partial charge < -0.3 is 20.1 Å². The van der Waals surface area contributed by atoms with Gasteiger partial charge in [-0.2, -0.15) is 0 Å². The Bertz CT molecular complexity index is 510. The van der Waals surface area contributed by atoms with Crippen molar-refractivity contribution in [2.24, 2.45) is 4.99 Å². The quantitative estimate of drug-likeness (QED) is 0.334. The molecule has 0 radical (unpaired) electrons. The van der Waals surface area contributed by atoms with E-state index < -0.39 is 0 Å². The molecule has 1 saturated heterocycles. The predicted octanol–water partition coefficient (Wildman–Crippen LogP) is 3.57. The molecule has 0 saturated carbocycles. The first-order chi connectivity index (χ1) is 11.2. The van der Waals surface area contributed by atoms with Crippen LogP contribution in [0.5, 0.6) is 5.75 Å². The van der Waals surface area contributed by atoms with Crippen LogP contribution in [0.2, 0.25) is 0 Å². The second-order valence-electron chi connectivity index (χ2n) is 5.59. The van der Waals surface area contributed by atoms with Crippen molar-refractivity contribution in [3.63, 3.8) is 0 Å². The van der Waals surface area contributed by atoms with Gasteiger partial charge in [-0.15, -0.1) is 24.0 Å². The van der Waals surface area contributed by atoms with Crippen LogP contribution in [0.4, 0.5) is 0 Å². The second-order valence-corrected chi connectivity index (χ2v) is 6.45. The third kappa shape index (κ3) is 7.57. The molecule has 0 spiro atoms. The average molecular weight is 512 g/mol. The summed E-state index contributed by atoms with van der Waals surface area (Å²) >= 11 is 3.49. The number of para-hydroxylation sites is 1. The predicted molar refractivity (Wildman–Crippen MR) is 113 cm³/mol. The van der Waals surface area contributed by atoms with Crippen LogP contribution in [-0.2, 0) is 4.74 Å². The molecule has 7 heteroatoms. The van der Waals surface area contributed by atoms with Gasteiger partial charge in [0.05, 0.1) is 17.1 Å². The fraction of sp³-hybridized carbons (Fsp3) is 0.588. The van der Waals surface area contributed by atoms with Crippen LogP contribution in [0.3, 0.4) is 0 Å². The number of ether oxygens (including phenoxy) is 2. The number of hydrogen-bond acceptors (Lipinski definition) is 3. The normalized spacial score (nSPS) is 18.6. The molecule has 0 aliphatic carbocycles. The Balaban J connectivity index is 0.00000288. The molecule has 1 aliphatic heterocycles. The summed E-state index contributed by atoms with van der Waals surface area (Å²) < 4.78 is 12.5. The average Bonchev–Trinajstić information content (AvgIpc) is 3.06. The number of rotatable bonds is 7. The Morgan fingerprint density at radius 2 is 2.21 bits per heavy atom. The van der Waals surface area contributed by atoms with Crippen molar-refractivity contribution < 1.29 is 9.47 Å². The monoisotopic (exact) mass is 511 g/mol. The molecule has 1 fully saturated rings. The summed E-state index contributed by atoms with van der Waals surface area (Å²) in [6.45, 7) is 7.16. The minimum Gasteiger partial charge on any atom is -0.488 e. The van der Waals surface area contributed by atoms with E-state index in [4.69, 9.17) is 9.47 Å². The van der Waals surface area contributed by atoms with Crippen LogP contribution < -0.4 is 15.4 Å². The minimum absolute atomic E-state index is 0. The molecular formula is C17H27BrIN3O2. The van der Waals surface area contributed by atoms with E-state index in [0.29, 0.717) is 12.6 Å². The number of halogens is 2. The van der Waals surface area contributed by atoms with E-state index in [0.717, 1.165) is 48.7 Å². The van der Waals surface area contributed by atoms with Gasteiger partial charge in [0.15, 0.2) is 5.96 Å². The largest absolute Gasteiger partial charge is 0.488 e. The lowest BCUT2D eigenvalue weighted by atomic mass is 10.2. The zero-order valence-corrected chi connectivity index (χ0v) is 18.2. The number of benzene rings is 1. The highest BCUT2D eigenvalue weighted by atomic mass is 127. The maximum atomic E-state index is 5.92. The Morgan fingerprint density at radius 3 is 2.88 bits per heavy atom. The smallest absolute Gasteiger partial charge is 0.191 e. The SMILES string of the molecule is CCNC(=NCC(C)Oc1ccccc1Br)NCC1CCCO1.I. The Morgan fingerprint density at radius 1 is 1.42 bits per heavy atom. The highest BCUT2D eigenvalue weighted by Crippen LogP contribution is 2.24. The summed E-state index contributed by atoms with van der Waals surface area (Å²) in [4.78, 5) is 4.60. The molecule has 1 aromatic rings. The Labute approximate surface area is 170 Å². The first-order valence-corrected chi connectivity index (χ1v) is 9.03. The fourth-order valence-electron chi connectivity index (χ4n) is 2.37. The van der Waals surface area contributed by atoms with E-state index in [-0.39, 0.29) is 30.1 Å². The molecule has 2 N–H and O–H groups in total. The van der Waals surface area contributed by atoms with Crippen molar-refractivity contribution >= 4 is 45.9 Å². The van der Waals surface area contributed by atoms with E-state index in [1.54, 1.807) is 0 Å². The summed E-state index contributed by atoms with van der Waals surface area (Å²) in [5.74, 6) is 1.65. The molecule has 2 rings (SSSR count). The molecule has 5 nitrogen and oxygen atoms in total. The van der Waals surface area contributed by atoms with Gasteiger partial charge in [0.25, 0.3) is 0 Å². The van der Waals surface area contributed by atoms with Crippen LogP contribution in [-0.4, -0.2) is 44.4 Å². The van der Waals surface area contributed by atoms with Crippen LogP contribution in [0.15, 0.2) is 33.7 Å². The summed E-state index contributed by atoms with van der Waals surface area (Å²) in [5.41, 5.74) is 0. The van der Waals surface area contributed by atoms with E-state index >= 15 is 0 Å².